The van der Waals surface area contributed by atoms with Gasteiger partial charge in [-0.05, 0) is 30.7 Å². The van der Waals surface area contributed by atoms with E-state index in [2.05, 4.69) is 5.10 Å². The van der Waals surface area contributed by atoms with E-state index in [4.69, 9.17) is 16.7 Å². The van der Waals surface area contributed by atoms with E-state index in [0.717, 1.165) is 11.3 Å². The number of carboxylic acid groups (broad SMARTS) is 1. The van der Waals surface area contributed by atoms with E-state index in [0.29, 0.717) is 30.1 Å². The van der Waals surface area contributed by atoms with Gasteiger partial charge in [0.25, 0.3) is 5.91 Å². The smallest absolute Gasteiger partial charge is 0.356 e. The fourth-order valence-corrected chi connectivity index (χ4v) is 2.82. The third kappa shape index (κ3) is 2.46. The summed E-state index contributed by atoms with van der Waals surface area (Å²) in [6.45, 7) is 0.827. The first-order valence-corrected chi connectivity index (χ1v) is 7.18. The number of benzene rings is 1. The van der Waals surface area contributed by atoms with Crippen LogP contribution < -0.4 is 0 Å². The predicted octanol–water partition coefficient (Wildman–Crippen LogP) is 1.97. The molecule has 114 valence electrons. The van der Waals surface area contributed by atoms with Crippen molar-refractivity contribution in [2.24, 2.45) is 7.05 Å². The highest BCUT2D eigenvalue weighted by Gasteiger charge is 2.29. The largest absolute Gasteiger partial charge is 0.476 e. The van der Waals surface area contributed by atoms with Gasteiger partial charge >= 0.3 is 5.97 Å². The molecule has 0 fully saturated rings. The summed E-state index contributed by atoms with van der Waals surface area (Å²) in [7, 11) is 1.70. The lowest BCUT2D eigenvalue weighted by molar-refractivity contribution is 0.0688. The van der Waals surface area contributed by atoms with E-state index in [1.807, 2.05) is 0 Å². The predicted molar refractivity (Wildman–Crippen MR) is 80.1 cm³/mol. The summed E-state index contributed by atoms with van der Waals surface area (Å²) in [5.41, 5.74) is 2.13. The van der Waals surface area contributed by atoms with Crippen molar-refractivity contribution in [3.63, 3.8) is 0 Å². The lowest BCUT2D eigenvalue weighted by atomic mass is 10.0. The molecule has 1 aliphatic rings. The minimum atomic E-state index is -1.03. The molecule has 0 spiro atoms. The Labute approximate surface area is 131 Å². The van der Waals surface area contributed by atoms with Gasteiger partial charge in [-0.1, -0.05) is 11.6 Å². The third-order valence-electron chi connectivity index (χ3n) is 3.83. The Morgan fingerprint density at radius 3 is 2.59 bits per heavy atom. The summed E-state index contributed by atoms with van der Waals surface area (Å²) in [6, 6.07) is 6.73. The molecular formula is C15H14ClN3O3. The van der Waals surface area contributed by atoms with Crippen LogP contribution in [0, 0.1) is 0 Å². The normalized spacial score (nSPS) is 13.8. The monoisotopic (exact) mass is 319 g/mol. The minimum absolute atomic E-state index is 0.0797. The number of nitrogens with zero attached hydrogens (tertiary/aromatic N) is 3. The van der Waals surface area contributed by atoms with Gasteiger partial charge in [-0.3, -0.25) is 9.48 Å². The molecule has 7 heteroatoms. The molecule has 6 nitrogen and oxygen atoms in total. The lowest BCUT2D eigenvalue weighted by Gasteiger charge is -2.27. The van der Waals surface area contributed by atoms with Crippen LogP contribution in [0.5, 0.6) is 0 Å². The molecule has 0 bridgehead atoms. The van der Waals surface area contributed by atoms with Gasteiger partial charge in [0.05, 0.1) is 12.2 Å². The summed E-state index contributed by atoms with van der Waals surface area (Å²) in [6.07, 6.45) is 0.490. The third-order valence-corrected chi connectivity index (χ3v) is 4.08. The highest BCUT2D eigenvalue weighted by molar-refractivity contribution is 6.30. The van der Waals surface area contributed by atoms with Crippen molar-refractivity contribution in [2.45, 2.75) is 13.0 Å². The van der Waals surface area contributed by atoms with Crippen LogP contribution in [0.1, 0.15) is 32.1 Å². The molecule has 0 atom stereocenters. The number of amides is 1. The Morgan fingerprint density at radius 1 is 1.27 bits per heavy atom. The number of aromatic carboxylic acids is 1. The maximum absolute atomic E-state index is 12.5. The van der Waals surface area contributed by atoms with E-state index < -0.39 is 5.97 Å². The molecule has 0 saturated carbocycles. The first-order chi connectivity index (χ1) is 10.5. The summed E-state index contributed by atoms with van der Waals surface area (Å²) in [5, 5.41) is 13.8. The number of halogens is 1. The van der Waals surface area contributed by atoms with E-state index in [1.165, 1.54) is 0 Å². The van der Waals surface area contributed by atoms with Crippen LogP contribution in [0.25, 0.3) is 0 Å². The Hall–Kier alpha value is -2.34. The average molecular weight is 320 g/mol. The number of aryl methyl sites for hydroxylation is 1. The fourth-order valence-electron chi connectivity index (χ4n) is 2.69. The molecule has 1 aliphatic heterocycles. The van der Waals surface area contributed by atoms with Crippen LogP contribution in [0.4, 0.5) is 0 Å². The number of carbonyl (C=O) groups excluding carboxylic acids is 1. The van der Waals surface area contributed by atoms with Crippen LogP contribution in [0.3, 0.4) is 0 Å². The highest BCUT2D eigenvalue weighted by atomic mass is 35.5. The molecular weight excluding hydrogens is 306 g/mol. The van der Waals surface area contributed by atoms with Crippen LogP contribution in [-0.2, 0) is 20.0 Å². The molecule has 0 unspecified atom stereocenters. The number of fused-ring (bicyclic) bond motifs is 1. The van der Waals surface area contributed by atoms with Crippen molar-refractivity contribution < 1.29 is 14.7 Å². The van der Waals surface area contributed by atoms with Crippen LogP contribution in [0.15, 0.2) is 24.3 Å². The molecule has 1 amide bonds. The number of carbonyl (C=O) groups is 2. The molecule has 2 heterocycles. The van der Waals surface area contributed by atoms with Crippen molar-refractivity contribution in [2.75, 3.05) is 6.54 Å². The molecule has 22 heavy (non-hydrogen) atoms. The van der Waals surface area contributed by atoms with Gasteiger partial charge in [-0.25, -0.2) is 4.79 Å². The number of rotatable bonds is 2. The molecule has 0 saturated heterocycles. The van der Waals surface area contributed by atoms with Gasteiger partial charge in [0, 0.05) is 29.7 Å². The van der Waals surface area contributed by atoms with Crippen molar-refractivity contribution in [1.82, 2.24) is 14.7 Å². The second kappa shape index (κ2) is 5.46. The molecule has 3 rings (SSSR count). The van der Waals surface area contributed by atoms with Gasteiger partial charge in [-0.2, -0.15) is 5.10 Å². The second-order valence-electron chi connectivity index (χ2n) is 5.19. The van der Waals surface area contributed by atoms with Crippen LogP contribution in [-0.4, -0.2) is 38.2 Å². The Balaban J connectivity index is 1.87. The first-order valence-electron chi connectivity index (χ1n) is 6.80. The lowest BCUT2D eigenvalue weighted by Crippen LogP contribution is -2.36. The van der Waals surface area contributed by atoms with E-state index in [1.54, 1.807) is 40.9 Å². The molecule has 0 radical (unpaired) electrons. The Bertz CT molecular complexity index is 752. The maximum atomic E-state index is 12.5. The molecule has 1 aromatic heterocycles. The standard InChI is InChI=1S/C15H14ClN3O3/c1-18-12-8-19(7-6-11(12)13(17-18)15(21)22)14(20)9-2-4-10(16)5-3-9/h2-5H,6-8H2,1H3,(H,21,22). The van der Waals surface area contributed by atoms with Gasteiger partial charge in [0.1, 0.15) is 0 Å². The van der Waals surface area contributed by atoms with Crippen molar-refractivity contribution in [3.05, 3.63) is 51.8 Å². The Morgan fingerprint density at radius 2 is 1.95 bits per heavy atom. The van der Waals surface area contributed by atoms with Crippen LogP contribution >= 0.6 is 11.6 Å². The summed E-state index contributed by atoms with van der Waals surface area (Å²) in [5.74, 6) is -1.13. The maximum Gasteiger partial charge on any atom is 0.356 e. The van der Waals surface area contributed by atoms with Gasteiger partial charge in [0.2, 0.25) is 0 Å². The zero-order chi connectivity index (χ0) is 15.9. The average Bonchev–Trinajstić information content (AvgIpc) is 2.84. The Kier molecular flexibility index (Phi) is 3.62. The zero-order valence-electron chi connectivity index (χ0n) is 11.9. The van der Waals surface area contributed by atoms with Crippen LogP contribution in [0.2, 0.25) is 5.02 Å². The van der Waals surface area contributed by atoms with Crippen molar-refractivity contribution >= 4 is 23.5 Å². The topological polar surface area (TPSA) is 75.4 Å². The summed E-state index contributed by atoms with van der Waals surface area (Å²) < 4.78 is 1.54. The quantitative estimate of drug-likeness (QED) is 0.918. The summed E-state index contributed by atoms with van der Waals surface area (Å²) in [4.78, 5) is 25.4. The number of carboxylic acids is 1. The fraction of sp³-hybridized carbons (Fsp3) is 0.267. The summed E-state index contributed by atoms with van der Waals surface area (Å²) >= 11 is 5.83. The number of aromatic nitrogens is 2. The molecule has 2 aromatic rings. The number of hydrogen-bond donors (Lipinski definition) is 1. The zero-order valence-corrected chi connectivity index (χ0v) is 12.7. The van der Waals surface area contributed by atoms with E-state index in [-0.39, 0.29) is 11.6 Å². The highest BCUT2D eigenvalue weighted by Crippen LogP contribution is 2.23. The first kappa shape index (κ1) is 14.6. The second-order valence-corrected chi connectivity index (χ2v) is 5.62. The van der Waals surface area contributed by atoms with E-state index >= 15 is 0 Å². The molecule has 1 N–H and O–H groups in total. The van der Waals surface area contributed by atoms with Gasteiger partial charge in [0.15, 0.2) is 5.69 Å². The van der Waals surface area contributed by atoms with Crippen molar-refractivity contribution in [3.8, 4) is 0 Å². The van der Waals surface area contributed by atoms with Gasteiger partial charge in [-0.15, -0.1) is 0 Å². The molecule has 0 aliphatic carbocycles. The SMILES string of the molecule is Cn1nc(C(=O)O)c2c1CN(C(=O)c1ccc(Cl)cc1)CC2. The number of hydrogen-bond acceptors (Lipinski definition) is 3. The van der Waals surface area contributed by atoms with Crippen molar-refractivity contribution in [1.29, 1.82) is 0 Å². The molecule has 1 aromatic carbocycles. The minimum Gasteiger partial charge on any atom is -0.476 e. The van der Waals surface area contributed by atoms with Gasteiger partial charge < -0.3 is 10.0 Å². The van der Waals surface area contributed by atoms with E-state index in [9.17, 15) is 9.59 Å².